The Labute approximate surface area is 103 Å². The normalized spacial score (nSPS) is 24.6. The van der Waals surface area contributed by atoms with E-state index in [1.165, 1.54) is 25.7 Å². The number of anilines is 1. The predicted molar refractivity (Wildman–Crippen MR) is 69.7 cm³/mol. The van der Waals surface area contributed by atoms with Gasteiger partial charge in [-0.15, -0.1) is 5.10 Å². The first-order valence-electron chi connectivity index (χ1n) is 6.45. The van der Waals surface area contributed by atoms with Gasteiger partial charge in [0, 0.05) is 25.2 Å². The summed E-state index contributed by atoms with van der Waals surface area (Å²) in [5.41, 5.74) is 6.83. The van der Waals surface area contributed by atoms with Gasteiger partial charge in [0.15, 0.2) is 5.82 Å². The summed E-state index contributed by atoms with van der Waals surface area (Å²) in [7, 11) is 2.11. The number of hydrogen-bond acceptors (Lipinski definition) is 4. The lowest BCUT2D eigenvalue weighted by molar-refractivity contribution is 0.339. The Bertz CT molecular complexity index is 358. The topological polar surface area (TPSA) is 55.0 Å². The molecule has 94 valence electrons. The maximum Gasteiger partial charge on any atom is 0.155 e. The van der Waals surface area contributed by atoms with E-state index >= 15 is 0 Å². The van der Waals surface area contributed by atoms with E-state index in [0.29, 0.717) is 12.6 Å². The quantitative estimate of drug-likeness (QED) is 0.868. The van der Waals surface area contributed by atoms with Crippen LogP contribution >= 0.6 is 0 Å². The highest BCUT2D eigenvalue weighted by atomic mass is 15.3. The predicted octanol–water partition coefficient (Wildman–Crippen LogP) is 1.95. The number of nitrogens with two attached hydrogens (primary N) is 1. The van der Waals surface area contributed by atoms with Crippen molar-refractivity contribution in [3.05, 3.63) is 17.8 Å². The minimum absolute atomic E-state index is 0.526. The van der Waals surface area contributed by atoms with Crippen LogP contribution in [0, 0.1) is 5.92 Å². The van der Waals surface area contributed by atoms with Crippen molar-refractivity contribution in [3.8, 4) is 0 Å². The molecule has 4 heteroatoms. The molecule has 1 aliphatic rings. The van der Waals surface area contributed by atoms with Gasteiger partial charge in [-0.3, -0.25) is 0 Å². The molecule has 0 saturated heterocycles. The summed E-state index contributed by atoms with van der Waals surface area (Å²) in [5.74, 6) is 1.82. The van der Waals surface area contributed by atoms with Gasteiger partial charge in [0.1, 0.15) is 0 Å². The molecule has 1 aromatic heterocycles. The Morgan fingerprint density at radius 2 is 2.06 bits per heavy atom. The first-order chi connectivity index (χ1) is 8.22. The second-order valence-electron chi connectivity index (χ2n) is 5.11. The largest absolute Gasteiger partial charge is 0.355 e. The van der Waals surface area contributed by atoms with E-state index in [1.54, 1.807) is 6.20 Å². The second-order valence-corrected chi connectivity index (χ2v) is 5.11. The summed E-state index contributed by atoms with van der Waals surface area (Å²) in [5, 5.41) is 8.22. The summed E-state index contributed by atoms with van der Waals surface area (Å²) in [6.07, 6.45) is 6.83. The Balaban J connectivity index is 2.10. The maximum atomic E-state index is 5.75. The molecule has 17 heavy (non-hydrogen) atoms. The van der Waals surface area contributed by atoms with Crippen LogP contribution in [0.25, 0.3) is 0 Å². The fourth-order valence-electron chi connectivity index (χ4n) is 2.61. The third kappa shape index (κ3) is 2.75. The highest BCUT2D eigenvalue weighted by Gasteiger charge is 2.23. The highest BCUT2D eigenvalue weighted by Crippen LogP contribution is 2.29. The Kier molecular flexibility index (Phi) is 3.94. The zero-order valence-electron chi connectivity index (χ0n) is 10.8. The average Bonchev–Trinajstić information content (AvgIpc) is 2.39. The molecule has 1 heterocycles. The molecule has 0 atom stereocenters. The van der Waals surface area contributed by atoms with Crippen molar-refractivity contribution in [1.29, 1.82) is 0 Å². The van der Waals surface area contributed by atoms with Crippen LogP contribution in [0.3, 0.4) is 0 Å². The summed E-state index contributed by atoms with van der Waals surface area (Å²) in [4.78, 5) is 2.26. The number of rotatable bonds is 3. The van der Waals surface area contributed by atoms with Gasteiger partial charge in [0.05, 0.1) is 6.20 Å². The van der Waals surface area contributed by atoms with Crippen LogP contribution < -0.4 is 10.6 Å². The first-order valence-corrected chi connectivity index (χ1v) is 6.45. The number of hydrogen-bond donors (Lipinski definition) is 1. The molecule has 2 rings (SSSR count). The lowest BCUT2D eigenvalue weighted by Crippen LogP contribution is -2.36. The molecule has 0 amide bonds. The van der Waals surface area contributed by atoms with Crippen LogP contribution in [0.5, 0.6) is 0 Å². The molecule has 0 radical (unpaired) electrons. The zero-order valence-corrected chi connectivity index (χ0v) is 10.8. The monoisotopic (exact) mass is 234 g/mol. The third-order valence-corrected chi connectivity index (χ3v) is 3.87. The fraction of sp³-hybridized carbons (Fsp3) is 0.692. The Morgan fingerprint density at radius 1 is 1.35 bits per heavy atom. The molecule has 2 N–H and O–H groups in total. The molecule has 1 fully saturated rings. The van der Waals surface area contributed by atoms with Crippen molar-refractivity contribution in [2.75, 3.05) is 11.9 Å². The van der Waals surface area contributed by atoms with E-state index in [9.17, 15) is 0 Å². The van der Waals surface area contributed by atoms with E-state index in [2.05, 4.69) is 29.1 Å². The van der Waals surface area contributed by atoms with E-state index in [-0.39, 0.29) is 0 Å². The molecule has 1 aliphatic carbocycles. The molecular formula is C13H22N4. The fourth-order valence-corrected chi connectivity index (χ4v) is 2.61. The number of aromatic nitrogens is 2. The van der Waals surface area contributed by atoms with Crippen LogP contribution in [0.15, 0.2) is 12.3 Å². The van der Waals surface area contributed by atoms with E-state index in [0.717, 1.165) is 17.3 Å². The zero-order chi connectivity index (χ0) is 12.3. The lowest BCUT2D eigenvalue weighted by atomic mass is 9.86. The van der Waals surface area contributed by atoms with Crippen LogP contribution in [0.2, 0.25) is 0 Å². The molecule has 0 bridgehead atoms. The summed E-state index contributed by atoms with van der Waals surface area (Å²) in [6, 6.07) is 2.55. The van der Waals surface area contributed by atoms with Crippen molar-refractivity contribution in [2.24, 2.45) is 11.7 Å². The molecule has 0 spiro atoms. The summed E-state index contributed by atoms with van der Waals surface area (Å²) < 4.78 is 0. The van der Waals surface area contributed by atoms with Gasteiger partial charge in [-0.05, 0) is 37.7 Å². The average molecular weight is 234 g/mol. The second kappa shape index (κ2) is 5.45. The Morgan fingerprint density at radius 3 is 2.71 bits per heavy atom. The molecule has 0 aliphatic heterocycles. The molecule has 0 unspecified atom stereocenters. The van der Waals surface area contributed by atoms with Gasteiger partial charge >= 0.3 is 0 Å². The van der Waals surface area contributed by atoms with E-state index < -0.39 is 0 Å². The molecule has 0 aromatic carbocycles. The van der Waals surface area contributed by atoms with Gasteiger partial charge in [0.2, 0.25) is 0 Å². The van der Waals surface area contributed by atoms with Gasteiger partial charge in [-0.25, -0.2) is 0 Å². The molecule has 1 saturated carbocycles. The van der Waals surface area contributed by atoms with E-state index in [1.807, 2.05) is 6.07 Å². The minimum atomic E-state index is 0.526. The lowest BCUT2D eigenvalue weighted by Gasteiger charge is -2.34. The molecular weight excluding hydrogens is 212 g/mol. The van der Waals surface area contributed by atoms with Crippen molar-refractivity contribution < 1.29 is 0 Å². The smallest absolute Gasteiger partial charge is 0.155 e. The van der Waals surface area contributed by atoms with E-state index in [4.69, 9.17) is 5.73 Å². The van der Waals surface area contributed by atoms with Gasteiger partial charge in [-0.2, -0.15) is 5.10 Å². The Hall–Kier alpha value is -1.16. The van der Waals surface area contributed by atoms with Crippen molar-refractivity contribution in [1.82, 2.24) is 10.2 Å². The van der Waals surface area contributed by atoms with Crippen molar-refractivity contribution >= 4 is 5.82 Å². The minimum Gasteiger partial charge on any atom is -0.355 e. The summed E-state index contributed by atoms with van der Waals surface area (Å²) >= 11 is 0. The van der Waals surface area contributed by atoms with Crippen LogP contribution in [-0.2, 0) is 6.54 Å². The molecule has 1 aromatic rings. The maximum absolute atomic E-state index is 5.75. The molecule has 4 nitrogen and oxygen atoms in total. The van der Waals surface area contributed by atoms with Crippen LogP contribution in [0.4, 0.5) is 5.82 Å². The third-order valence-electron chi connectivity index (χ3n) is 3.87. The first kappa shape index (κ1) is 12.3. The van der Waals surface area contributed by atoms with Crippen molar-refractivity contribution in [2.45, 2.75) is 45.2 Å². The highest BCUT2D eigenvalue weighted by molar-refractivity contribution is 5.45. The number of nitrogens with zero attached hydrogens (tertiary/aromatic N) is 3. The summed E-state index contributed by atoms with van der Waals surface area (Å²) in [6.45, 7) is 2.86. The van der Waals surface area contributed by atoms with Crippen LogP contribution in [-0.4, -0.2) is 23.3 Å². The van der Waals surface area contributed by atoms with Crippen LogP contribution in [0.1, 0.15) is 38.2 Å². The van der Waals surface area contributed by atoms with Gasteiger partial charge in [-0.1, -0.05) is 6.92 Å². The SMILES string of the molecule is CC1CCC(N(C)c2nnccc2CN)CC1. The van der Waals surface area contributed by atoms with Gasteiger partial charge < -0.3 is 10.6 Å². The van der Waals surface area contributed by atoms with Crippen molar-refractivity contribution in [3.63, 3.8) is 0 Å². The standard InChI is InChI=1S/C13H22N4/c1-10-3-5-12(6-4-10)17(2)13-11(9-14)7-8-15-16-13/h7-8,10,12H,3-6,9,14H2,1-2H3. The van der Waals surface area contributed by atoms with Gasteiger partial charge in [0.25, 0.3) is 0 Å².